The molecule has 0 saturated heterocycles. The second-order valence-electron chi connectivity index (χ2n) is 5.37. The number of rotatable bonds is 6. The van der Waals surface area contributed by atoms with Crippen molar-refractivity contribution >= 4 is 23.3 Å². The van der Waals surface area contributed by atoms with Crippen molar-refractivity contribution in [3.63, 3.8) is 0 Å². The van der Waals surface area contributed by atoms with Crippen LogP contribution in [-0.2, 0) is 0 Å². The quantitative estimate of drug-likeness (QED) is 0.663. The highest BCUT2D eigenvalue weighted by Gasteiger charge is 2.05. The molecule has 3 aromatic rings. The molecular formula is C17H17ClN6O. The van der Waals surface area contributed by atoms with Crippen LogP contribution < -0.4 is 10.6 Å². The number of hydrogen-bond donors (Lipinski definition) is 2. The maximum atomic E-state index is 12.0. The number of carbonyl (C=O) groups is 1. The zero-order chi connectivity index (χ0) is 17.6. The molecule has 0 saturated carbocycles. The Bertz CT molecular complexity index is 862. The van der Waals surface area contributed by atoms with Crippen molar-refractivity contribution in [2.45, 2.75) is 6.92 Å². The topological polar surface area (TPSA) is 84.7 Å². The third-order valence-corrected chi connectivity index (χ3v) is 3.65. The van der Waals surface area contributed by atoms with Crippen LogP contribution >= 0.6 is 11.6 Å². The molecule has 0 radical (unpaired) electrons. The summed E-state index contributed by atoms with van der Waals surface area (Å²) >= 11 is 5.87. The number of aromatic nitrogens is 4. The summed E-state index contributed by atoms with van der Waals surface area (Å²) in [5.41, 5.74) is 1.45. The summed E-state index contributed by atoms with van der Waals surface area (Å²) in [5.74, 6) is 1.11. The Balaban J connectivity index is 1.47. The van der Waals surface area contributed by atoms with E-state index in [2.05, 4.69) is 25.9 Å². The van der Waals surface area contributed by atoms with Gasteiger partial charge < -0.3 is 10.6 Å². The summed E-state index contributed by atoms with van der Waals surface area (Å²) in [6.45, 7) is 2.89. The van der Waals surface area contributed by atoms with Crippen LogP contribution in [0.5, 0.6) is 0 Å². The van der Waals surface area contributed by atoms with E-state index in [1.165, 1.54) is 0 Å². The third-order valence-electron chi connectivity index (χ3n) is 3.41. The maximum Gasteiger partial charge on any atom is 0.251 e. The van der Waals surface area contributed by atoms with Crippen molar-refractivity contribution in [2.75, 3.05) is 18.4 Å². The Morgan fingerprint density at radius 1 is 1.16 bits per heavy atom. The fourth-order valence-corrected chi connectivity index (χ4v) is 2.37. The normalized spacial score (nSPS) is 10.5. The number of carbonyl (C=O) groups excluding carboxylic acids is 1. The summed E-state index contributed by atoms with van der Waals surface area (Å²) < 4.78 is 1.66. The fraction of sp³-hybridized carbons (Fsp3) is 0.176. The van der Waals surface area contributed by atoms with Crippen LogP contribution in [0, 0.1) is 6.92 Å². The molecular weight excluding hydrogens is 340 g/mol. The summed E-state index contributed by atoms with van der Waals surface area (Å²) in [6, 6.07) is 12.4. The Kier molecular flexibility index (Phi) is 5.25. The summed E-state index contributed by atoms with van der Waals surface area (Å²) in [6.07, 6.45) is 1.83. The summed E-state index contributed by atoms with van der Waals surface area (Å²) in [7, 11) is 0. The Hall–Kier alpha value is -2.93. The molecule has 0 aliphatic rings. The van der Waals surface area contributed by atoms with Gasteiger partial charge in [-0.3, -0.25) is 4.79 Å². The number of amides is 1. The van der Waals surface area contributed by atoms with Gasteiger partial charge in [-0.2, -0.15) is 5.10 Å². The first-order valence-corrected chi connectivity index (χ1v) is 8.13. The molecule has 1 amide bonds. The van der Waals surface area contributed by atoms with Crippen LogP contribution in [0.15, 0.2) is 48.7 Å². The Morgan fingerprint density at radius 2 is 2.04 bits per heavy atom. The van der Waals surface area contributed by atoms with E-state index in [1.807, 2.05) is 31.3 Å². The second-order valence-corrected chi connectivity index (χ2v) is 5.81. The van der Waals surface area contributed by atoms with Crippen LogP contribution in [0.3, 0.4) is 0 Å². The third kappa shape index (κ3) is 4.54. The van der Waals surface area contributed by atoms with Gasteiger partial charge in [0.2, 0.25) is 0 Å². The molecule has 0 unspecified atom stereocenters. The van der Waals surface area contributed by atoms with Crippen molar-refractivity contribution in [2.24, 2.45) is 0 Å². The SMILES string of the molecule is Cc1ccn(-c2ccc(NCCNC(=O)c3cccc(Cl)c3)nn2)n1. The number of aryl methyl sites for hydroxylation is 1. The minimum Gasteiger partial charge on any atom is -0.367 e. The molecule has 2 aromatic heterocycles. The highest BCUT2D eigenvalue weighted by Crippen LogP contribution is 2.10. The lowest BCUT2D eigenvalue weighted by Gasteiger charge is -2.08. The molecule has 0 aliphatic heterocycles. The van der Waals surface area contributed by atoms with Gasteiger partial charge in [0.15, 0.2) is 5.82 Å². The van der Waals surface area contributed by atoms with Crippen molar-refractivity contribution in [3.05, 3.63) is 64.9 Å². The van der Waals surface area contributed by atoms with E-state index in [1.54, 1.807) is 28.9 Å². The average molecular weight is 357 g/mol. The van der Waals surface area contributed by atoms with E-state index >= 15 is 0 Å². The van der Waals surface area contributed by atoms with Gasteiger partial charge in [-0.1, -0.05) is 17.7 Å². The molecule has 0 bridgehead atoms. The van der Waals surface area contributed by atoms with Crippen molar-refractivity contribution in [1.29, 1.82) is 0 Å². The van der Waals surface area contributed by atoms with Gasteiger partial charge >= 0.3 is 0 Å². The minimum atomic E-state index is -0.167. The number of halogens is 1. The Labute approximate surface area is 150 Å². The lowest BCUT2D eigenvalue weighted by molar-refractivity contribution is 0.0955. The molecule has 0 fully saturated rings. The lowest BCUT2D eigenvalue weighted by atomic mass is 10.2. The molecule has 0 aliphatic carbocycles. The van der Waals surface area contributed by atoms with E-state index < -0.39 is 0 Å². The first-order chi connectivity index (χ1) is 12.1. The van der Waals surface area contributed by atoms with Gasteiger partial charge in [0.1, 0.15) is 5.82 Å². The molecule has 2 heterocycles. The van der Waals surface area contributed by atoms with Crippen LogP contribution in [-0.4, -0.2) is 39.0 Å². The second kappa shape index (κ2) is 7.76. The number of hydrogen-bond acceptors (Lipinski definition) is 5. The Morgan fingerprint density at radius 3 is 2.72 bits per heavy atom. The van der Waals surface area contributed by atoms with E-state index in [4.69, 9.17) is 11.6 Å². The summed E-state index contributed by atoms with van der Waals surface area (Å²) in [5, 5.41) is 18.9. The van der Waals surface area contributed by atoms with Crippen LogP contribution in [0.2, 0.25) is 5.02 Å². The van der Waals surface area contributed by atoms with Gasteiger partial charge in [-0.25, -0.2) is 4.68 Å². The number of nitrogens with one attached hydrogen (secondary N) is 2. The number of nitrogens with zero attached hydrogens (tertiary/aromatic N) is 4. The first kappa shape index (κ1) is 16.9. The van der Waals surface area contributed by atoms with E-state index in [0.29, 0.717) is 35.3 Å². The first-order valence-electron chi connectivity index (χ1n) is 7.76. The van der Waals surface area contributed by atoms with Gasteiger partial charge in [0, 0.05) is 29.9 Å². The van der Waals surface area contributed by atoms with Gasteiger partial charge in [0.05, 0.1) is 5.69 Å². The number of anilines is 1. The van der Waals surface area contributed by atoms with Crippen LogP contribution in [0.1, 0.15) is 16.1 Å². The van der Waals surface area contributed by atoms with Gasteiger partial charge in [0.25, 0.3) is 5.91 Å². The van der Waals surface area contributed by atoms with E-state index in [-0.39, 0.29) is 5.91 Å². The molecule has 128 valence electrons. The molecule has 1 aromatic carbocycles. The smallest absolute Gasteiger partial charge is 0.251 e. The van der Waals surface area contributed by atoms with Crippen molar-refractivity contribution in [3.8, 4) is 5.82 Å². The van der Waals surface area contributed by atoms with E-state index in [0.717, 1.165) is 5.69 Å². The average Bonchev–Trinajstić information content (AvgIpc) is 3.05. The molecule has 8 heteroatoms. The zero-order valence-electron chi connectivity index (χ0n) is 13.6. The predicted molar refractivity (Wildman–Crippen MR) is 96.2 cm³/mol. The van der Waals surface area contributed by atoms with Gasteiger partial charge in [-0.15, -0.1) is 10.2 Å². The molecule has 2 N–H and O–H groups in total. The predicted octanol–water partition coefficient (Wildman–Crippen LogP) is 2.47. The van der Waals surface area contributed by atoms with Crippen LogP contribution in [0.4, 0.5) is 5.82 Å². The molecule has 3 rings (SSSR count). The minimum absolute atomic E-state index is 0.167. The molecule has 0 atom stereocenters. The van der Waals surface area contributed by atoms with Crippen LogP contribution in [0.25, 0.3) is 5.82 Å². The lowest BCUT2D eigenvalue weighted by Crippen LogP contribution is -2.28. The number of benzene rings is 1. The molecule has 0 spiro atoms. The molecule has 7 nitrogen and oxygen atoms in total. The standard InChI is InChI=1S/C17H17ClN6O/c1-12-7-10-24(23-12)16-6-5-15(21-22-16)19-8-9-20-17(25)13-3-2-4-14(18)11-13/h2-7,10-11H,8-9H2,1H3,(H,19,21)(H,20,25). The van der Waals surface area contributed by atoms with Crippen molar-refractivity contribution < 1.29 is 4.79 Å². The van der Waals surface area contributed by atoms with Gasteiger partial charge in [-0.05, 0) is 43.3 Å². The summed E-state index contributed by atoms with van der Waals surface area (Å²) in [4.78, 5) is 12.0. The monoisotopic (exact) mass is 356 g/mol. The highest BCUT2D eigenvalue weighted by atomic mass is 35.5. The zero-order valence-corrected chi connectivity index (χ0v) is 14.4. The molecule has 25 heavy (non-hydrogen) atoms. The maximum absolute atomic E-state index is 12.0. The fourth-order valence-electron chi connectivity index (χ4n) is 2.18. The largest absolute Gasteiger partial charge is 0.367 e. The van der Waals surface area contributed by atoms with E-state index in [9.17, 15) is 4.79 Å². The van der Waals surface area contributed by atoms with Crippen molar-refractivity contribution in [1.82, 2.24) is 25.3 Å². The highest BCUT2D eigenvalue weighted by molar-refractivity contribution is 6.30.